The van der Waals surface area contributed by atoms with Gasteiger partial charge in [-0.05, 0) is 18.6 Å². The number of hydrogen-bond acceptors (Lipinski definition) is 6. The number of hydrogen-bond donors (Lipinski definition) is 3. The van der Waals surface area contributed by atoms with Crippen LogP contribution < -0.4 is 20.5 Å². The molecule has 156 valence electrons. The summed E-state index contributed by atoms with van der Waals surface area (Å²) in [6.07, 6.45) is 0. The van der Waals surface area contributed by atoms with Crippen LogP contribution in [0.2, 0.25) is 0 Å². The van der Waals surface area contributed by atoms with Crippen molar-refractivity contribution < 1.29 is 14.3 Å². The number of aromatic amines is 1. The molecule has 1 aromatic heterocycles. The molecule has 0 bridgehead atoms. The number of amides is 1. The number of ether oxygens (including phenoxy) is 2. The highest BCUT2D eigenvalue weighted by Gasteiger charge is 2.35. The van der Waals surface area contributed by atoms with Crippen LogP contribution in [0.15, 0.2) is 66.1 Å². The van der Waals surface area contributed by atoms with Crippen molar-refractivity contribution in [2.24, 2.45) is 5.73 Å². The van der Waals surface area contributed by atoms with Gasteiger partial charge in [0.15, 0.2) is 6.61 Å². The summed E-state index contributed by atoms with van der Waals surface area (Å²) in [7, 11) is 0. The SMILES string of the molecule is Cc1[nH]nc2c1C(c1ccccc1OCC(=O)NCc1ccccc1)C(C#N)=C(N)O2. The zero-order valence-corrected chi connectivity index (χ0v) is 16.9. The normalized spacial score (nSPS) is 14.9. The topological polar surface area (TPSA) is 126 Å². The van der Waals surface area contributed by atoms with Crippen molar-refractivity contribution in [1.82, 2.24) is 15.5 Å². The fraction of sp³-hybridized carbons (Fsp3) is 0.174. The predicted octanol–water partition coefficient (Wildman–Crippen LogP) is 2.63. The first-order valence-corrected chi connectivity index (χ1v) is 9.73. The molecular formula is C23H21N5O3. The predicted molar refractivity (Wildman–Crippen MR) is 113 cm³/mol. The second-order valence-electron chi connectivity index (χ2n) is 7.08. The number of aromatic nitrogens is 2. The summed E-state index contributed by atoms with van der Waals surface area (Å²) in [5.41, 5.74) is 9.43. The average Bonchev–Trinajstić information content (AvgIpc) is 3.16. The molecule has 2 heterocycles. The van der Waals surface area contributed by atoms with Crippen LogP contribution in [0.5, 0.6) is 11.6 Å². The van der Waals surface area contributed by atoms with Crippen LogP contribution in [-0.4, -0.2) is 22.7 Å². The molecule has 0 saturated heterocycles. The van der Waals surface area contributed by atoms with Crippen molar-refractivity contribution in [1.29, 1.82) is 5.26 Å². The Labute approximate surface area is 179 Å². The van der Waals surface area contributed by atoms with Gasteiger partial charge >= 0.3 is 0 Å². The molecule has 2 aromatic carbocycles. The Morgan fingerprint density at radius 2 is 2.00 bits per heavy atom. The lowest BCUT2D eigenvalue weighted by molar-refractivity contribution is -0.123. The summed E-state index contributed by atoms with van der Waals surface area (Å²) in [4.78, 5) is 12.3. The summed E-state index contributed by atoms with van der Waals surface area (Å²) < 4.78 is 11.4. The van der Waals surface area contributed by atoms with Gasteiger partial charge in [-0.2, -0.15) is 5.26 Å². The zero-order valence-electron chi connectivity index (χ0n) is 16.9. The number of H-pyrrole nitrogens is 1. The lowest BCUT2D eigenvalue weighted by Crippen LogP contribution is -2.28. The maximum atomic E-state index is 12.3. The Morgan fingerprint density at radius 1 is 1.26 bits per heavy atom. The van der Waals surface area contributed by atoms with Gasteiger partial charge < -0.3 is 20.5 Å². The summed E-state index contributed by atoms with van der Waals surface area (Å²) in [5.74, 6) is 0.0464. The van der Waals surface area contributed by atoms with E-state index in [4.69, 9.17) is 15.2 Å². The van der Waals surface area contributed by atoms with E-state index in [0.29, 0.717) is 23.7 Å². The first-order valence-electron chi connectivity index (χ1n) is 9.73. The van der Waals surface area contributed by atoms with Crippen molar-refractivity contribution in [3.05, 3.63) is 88.4 Å². The molecular weight excluding hydrogens is 394 g/mol. The van der Waals surface area contributed by atoms with Gasteiger partial charge in [0.1, 0.15) is 17.4 Å². The molecule has 0 radical (unpaired) electrons. The molecule has 4 N–H and O–H groups in total. The second kappa shape index (κ2) is 8.63. The molecule has 0 fully saturated rings. The Hall–Kier alpha value is -4.25. The number of allylic oxidation sites excluding steroid dienone is 1. The lowest BCUT2D eigenvalue weighted by Gasteiger charge is -2.25. The largest absolute Gasteiger partial charge is 0.483 e. The van der Waals surface area contributed by atoms with Crippen LogP contribution in [0, 0.1) is 18.3 Å². The van der Waals surface area contributed by atoms with E-state index in [1.165, 1.54) is 0 Å². The molecule has 8 nitrogen and oxygen atoms in total. The number of nitrogens with one attached hydrogen (secondary N) is 2. The van der Waals surface area contributed by atoms with Crippen molar-refractivity contribution in [3.8, 4) is 17.7 Å². The Kier molecular flexibility index (Phi) is 5.58. The van der Waals surface area contributed by atoms with E-state index in [-0.39, 0.29) is 24.0 Å². The quantitative estimate of drug-likeness (QED) is 0.568. The third-order valence-electron chi connectivity index (χ3n) is 5.05. The van der Waals surface area contributed by atoms with E-state index < -0.39 is 5.92 Å². The first kappa shape index (κ1) is 20.0. The van der Waals surface area contributed by atoms with Gasteiger partial charge in [-0.25, -0.2) is 0 Å². The standard InChI is InChI=1S/C23H21N5O3/c1-14-20-21(17(11-24)22(25)31-23(20)28-27-14)16-9-5-6-10-18(16)30-13-19(29)26-12-15-7-3-2-4-8-15/h2-10,21H,12-13,25H2,1H3,(H,26,29)(H,27,28). The third-order valence-corrected chi connectivity index (χ3v) is 5.05. The summed E-state index contributed by atoms with van der Waals surface area (Å²) >= 11 is 0. The van der Waals surface area contributed by atoms with Crippen LogP contribution in [0.4, 0.5) is 0 Å². The maximum Gasteiger partial charge on any atom is 0.258 e. The van der Waals surface area contributed by atoms with Gasteiger partial charge in [0.25, 0.3) is 5.91 Å². The molecule has 0 aliphatic carbocycles. The van der Waals surface area contributed by atoms with Gasteiger partial charge in [-0.3, -0.25) is 9.89 Å². The van der Waals surface area contributed by atoms with Crippen molar-refractivity contribution in [2.45, 2.75) is 19.4 Å². The molecule has 1 unspecified atom stereocenters. The minimum absolute atomic E-state index is 0.00177. The third kappa shape index (κ3) is 4.07. The van der Waals surface area contributed by atoms with E-state index in [0.717, 1.165) is 16.8 Å². The highest BCUT2D eigenvalue weighted by atomic mass is 16.5. The number of carbonyl (C=O) groups is 1. The van der Waals surface area contributed by atoms with E-state index in [1.807, 2.05) is 55.5 Å². The summed E-state index contributed by atoms with van der Waals surface area (Å²) in [5, 5.41) is 19.6. The van der Waals surface area contributed by atoms with E-state index in [9.17, 15) is 10.1 Å². The Balaban J connectivity index is 1.56. The average molecular weight is 415 g/mol. The number of benzene rings is 2. The van der Waals surface area contributed by atoms with Crippen LogP contribution in [0.25, 0.3) is 0 Å². The molecule has 3 aromatic rings. The van der Waals surface area contributed by atoms with Crippen molar-refractivity contribution >= 4 is 5.91 Å². The molecule has 4 rings (SSSR count). The van der Waals surface area contributed by atoms with Gasteiger partial charge in [0.2, 0.25) is 11.8 Å². The van der Waals surface area contributed by atoms with Crippen molar-refractivity contribution in [2.75, 3.05) is 6.61 Å². The van der Waals surface area contributed by atoms with Crippen LogP contribution in [-0.2, 0) is 11.3 Å². The maximum absolute atomic E-state index is 12.3. The molecule has 31 heavy (non-hydrogen) atoms. The van der Waals surface area contributed by atoms with Gasteiger partial charge in [-0.15, -0.1) is 5.10 Å². The van der Waals surface area contributed by atoms with Crippen LogP contribution in [0.3, 0.4) is 0 Å². The van der Waals surface area contributed by atoms with Gasteiger partial charge in [0, 0.05) is 23.4 Å². The van der Waals surface area contributed by atoms with Gasteiger partial charge in [-0.1, -0.05) is 48.5 Å². The molecule has 8 heteroatoms. The van der Waals surface area contributed by atoms with E-state index >= 15 is 0 Å². The fourth-order valence-corrected chi connectivity index (χ4v) is 3.55. The van der Waals surface area contributed by atoms with Crippen molar-refractivity contribution in [3.63, 3.8) is 0 Å². The molecule has 1 aliphatic rings. The second-order valence-corrected chi connectivity index (χ2v) is 7.08. The molecule has 0 saturated carbocycles. The Bertz CT molecular complexity index is 1180. The molecule has 1 atom stereocenters. The number of fused-ring (bicyclic) bond motifs is 1. The summed E-state index contributed by atoms with van der Waals surface area (Å²) in [6, 6.07) is 19.0. The fourth-order valence-electron chi connectivity index (χ4n) is 3.55. The number of aryl methyl sites for hydroxylation is 1. The lowest BCUT2D eigenvalue weighted by atomic mass is 9.83. The van der Waals surface area contributed by atoms with Gasteiger partial charge in [0.05, 0.1) is 5.92 Å². The molecule has 1 amide bonds. The highest BCUT2D eigenvalue weighted by Crippen LogP contribution is 2.45. The summed E-state index contributed by atoms with van der Waals surface area (Å²) in [6.45, 7) is 2.10. The molecule has 1 aliphatic heterocycles. The Morgan fingerprint density at radius 3 is 2.77 bits per heavy atom. The first-order chi connectivity index (χ1) is 15.1. The minimum atomic E-state index is -0.518. The van der Waals surface area contributed by atoms with E-state index in [1.54, 1.807) is 6.07 Å². The van der Waals surface area contributed by atoms with Crippen LogP contribution in [0.1, 0.15) is 28.3 Å². The smallest absolute Gasteiger partial charge is 0.258 e. The highest BCUT2D eigenvalue weighted by molar-refractivity contribution is 5.77. The number of nitriles is 1. The number of rotatable bonds is 6. The number of nitrogens with two attached hydrogens (primary N) is 1. The molecule has 0 spiro atoms. The monoisotopic (exact) mass is 415 g/mol. The van der Waals surface area contributed by atoms with E-state index in [2.05, 4.69) is 21.6 Å². The number of nitrogens with zero attached hydrogens (tertiary/aromatic N) is 2. The van der Waals surface area contributed by atoms with Crippen LogP contribution >= 0.6 is 0 Å². The minimum Gasteiger partial charge on any atom is -0.483 e. The zero-order chi connectivity index (χ0) is 21.8. The number of carbonyl (C=O) groups excluding carboxylic acids is 1. The number of para-hydroxylation sites is 1.